The van der Waals surface area contributed by atoms with Gasteiger partial charge in [-0.3, -0.25) is 0 Å². The van der Waals surface area contributed by atoms with E-state index < -0.39 is 18.2 Å². The van der Waals surface area contributed by atoms with Crippen molar-refractivity contribution in [1.29, 1.82) is 0 Å². The standard InChI is InChI=1S/C21H20F3N2O2/c1-25-12-13-26(2)19(25)18(27)17-11-7-6-8-15(17)14-20(28,21(22,23)24)16-9-4-3-5-10-16/h3-13,28H,14H2,1-2H3/q+1/p+1. The molecule has 7 heteroatoms. The fourth-order valence-electron chi connectivity index (χ4n) is 3.31. The van der Waals surface area contributed by atoms with E-state index in [4.69, 9.17) is 0 Å². The molecule has 1 aliphatic rings. The summed E-state index contributed by atoms with van der Waals surface area (Å²) in [4.78, 5) is 0. The van der Waals surface area contributed by atoms with Crippen LogP contribution in [-0.4, -0.2) is 52.1 Å². The van der Waals surface area contributed by atoms with Crippen LogP contribution in [0.4, 0.5) is 13.2 Å². The predicted octanol–water partition coefficient (Wildman–Crippen LogP) is 3.30. The van der Waals surface area contributed by atoms with Crippen molar-refractivity contribution in [2.75, 3.05) is 14.1 Å². The van der Waals surface area contributed by atoms with Gasteiger partial charge in [-0.05, 0) is 11.1 Å². The monoisotopic (exact) mass is 390 g/mol. The zero-order valence-electron chi connectivity index (χ0n) is 15.5. The van der Waals surface area contributed by atoms with Crippen LogP contribution in [0.15, 0.2) is 60.4 Å². The zero-order chi connectivity index (χ0) is 20.5. The minimum Gasteiger partial charge on any atom is -0.497 e. The van der Waals surface area contributed by atoms with Gasteiger partial charge in [0.15, 0.2) is 5.60 Å². The molecule has 2 aromatic rings. The van der Waals surface area contributed by atoms with Gasteiger partial charge >= 0.3 is 12.0 Å². The average molecular weight is 390 g/mol. The average Bonchev–Trinajstić information content (AvgIpc) is 2.99. The third kappa shape index (κ3) is 3.45. The lowest BCUT2D eigenvalue weighted by Gasteiger charge is -2.31. The molecule has 0 radical (unpaired) electrons. The Morgan fingerprint density at radius 1 is 0.893 bits per heavy atom. The van der Waals surface area contributed by atoms with Crippen molar-refractivity contribution < 1.29 is 32.5 Å². The maximum atomic E-state index is 13.9. The maximum Gasteiger partial charge on any atom is 0.486 e. The molecule has 1 aliphatic heterocycles. The number of hydrogen-bond donors (Lipinski definition) is 2. The number of aliphatic hydroxyl groups is 2. The van der Waals surface area contributed by atoms with E-state index in [9.17, 15) is 23.4 Å². The minimum atomic E-state index is -4.90. The summed E-state index contributed by atoms with van der Waals surface area (Å²) in [5, 5.41) is 21.5. The molecule has 0 bridgehead atoms. The number of nitrogens with zero attached hydrogens (tertiary/aromatic N) is 2. The van der Waals surface area contributed by atoms with Gasteiger partial charge in [0.05, 0.1) is 0 Å². The first kappa shape index (κ1) is 19.8. The third-order valence-corrected chi connectivity index (χ3v) is 4.83. The first-order chi connectivity index (χ1) is 13.1. The molecule has 1 atom stereocenters. The Morgan fingerprint density at radius 3 is 2.00 bits per heavy atom. The highest BCUT2D eigenvalue weighted by atomic mass is 19.4. The van der Waals surface area contributed by atoms with E-state index in [2.05, 4.69) is 0 Å². The molecule has 3 rings (SSSR count). The van der Waals surface area contributed by atoms with Crippen molar-refractivity contribution in [2.45, 2.75) is 18.2 Å². The number of alkyl halides is 3. The third-order valence-electron chi connectivity index (χ3n) is 4.83. The smallest absolute Gasteiger partial charge is 0.486 e. The van der Waals surface area contributed by atoms with E-state index in [1.165, 1.54) is 30.3 Å². The summed E-state index contributed by atoms with van der Waals surface area (Å²) in [6.07, 6.45) is -2.17. The van der Waals surface area contributed by atoms with Gasteiger partial charge in [-0.1, -0.05) is 54.6 Å². The Kier molecular flexibility index (Phi) is 5.12. The Bertz CT molecular complexity index is 959. The molecular weight excluding hydrogens is 369 g/mol. The molecule has 146 valence electrons. The van der Waals surface area contributed by atoms with Crippen LogP contribution in [0.5, 0.6) is 0 Å². The topological polar surface area (TPSA) is 46.5 Å². The van der Waals surface area contributed by atoms with Crippen molar-refractivity contribution >= 4 is 18.2 Å². The first-order valence-electron chi connectivity index (χ1n) is 8.65. The fourth-order valence-corrected chi connectivity index (χ4v) is 3.31. The van der Waals surface area contributed by atoms with Crippen LogP contribution in [0.2, 0.25) is 0 Å². The van der Waals surface area contributed by atoms with Crippen LogP contribution in [-0.2, 0) is 12.0 Å². The normalized spacial score (nSPS) is 16.4. The van der Waals surface area contributed by atoms with Crippen LogP contribution < -0.4 is 0 Å². The Balaban J connectivity index is 2.12. The predicted molar refractivity (Wildman–Crippen MR) is 101 cm³/mol. The Morgan fingerprint density at radius 2 is 1.43 bits per heavy atom. The molecule has 1 heterocycles. The van der Waals surface area contributed by atoms with Crippen molar-refractivity contribution in [3.05, 3.63) is 77.1 Å². The van der Waals surface area contributed by atoms with Crippen LogP contribution in [0.3, 0.4) is 0 Å². The molecule has 0 saturated carbocycles. The minimum absolute atomic E-state index is 0.164. The first-order valence-corrected chi connectivity index (χ1v) is 8.65. The summed E-state index contributed by atoms with van der Waals surface area (Å²) < 4.78 is 45.0. The lowest BCUT2D eigenvalue weighted by molar-refractivity contribution is -0.612. The second-order valence-electron chi connectivity index (χ2n) is 6.75. The van der Waals surface area contributed by atoms with Crippen molar-refractivity contribution in [1.82, 2.24) is 0 Å². The second kappa shape index (κ2) is 7.24. The van der Waals surface area contributed by atoms with E-state index in [0.717, 1.165) is 0 Å². The highest BCUT2D eigenvalue weighted by molar-refractivity contribution is 6.12. The van der Waals surface area contributed by atoms with Gasteiger partial charge in [0.25, 0.3) is 5.76 Å². The quantitative estimate of drug-likeness (QED) is 0.622. The van der Waals surface area contributed by atoms with Crippen LogP contribution in [0.25, 0.3) is 5.76 Å². The van der Waals surface area contributed by atoms with Crippen molar-refractivity contribution in [3.63, 3.8) is 0 Å². The molecular formula is C21H21F3N2O2+2. The molecule has 28 heavy (non-hydrogen) atoms. The van der Waals surface area contributed by atoms with Gasteiger partial charge in [-0.25, -0.2) is 0 Å². The Hall–Kier alpha value is -2.93. The van der Waals surface area contributed by atoms with Crippen molar-refractivity contribution in [3.8, 4) is 0 Å². The highest BCUT2D eigenvalue weighted by Gasteiger charge is 2.55. The Labute approximate surface area is 160 Å². The summed E-state index contributed by atoms with van der Waals surface area (Å²) in [6.45, 7) is 0. The number of halogens is 3. The second-order valence-corrected chi connectivity index (χ2v) is 6.75. The maximum absolute atomic E-state index is 13.9. The molecule has 4 nitrogen and oxygen atoms in total. The summed E-state index contributed by atoms with van der Waals surface area (Å²) in [5.41, 5.74) is -2.91. The molecule has 0 saturated heterocycles. The fraction of sp³-hybridized carbons (Fsp3) is 0.238. The van der Waals surface area contributed by atoms with E-state index in [1.54, 1.807) is 59.9 Å². The van der Waals surface area contributed by atoms with E-state index in [-0.39, 0.29) is 22.4 Å². The molecule has 0 aliphatic carbocycles. The largest absolute Gasteiger partial charge is 0.497 e. The number of rotatable bonds is 4. The lowest BCUT2D eigenvalue weighted by Crippen LogP contribution is -2.44. The van der Waals surface area contributed by atoms with Gasteiger partial charge in [-0.15, -0.1) is 9.15 Å². The van der Waals surface area contributed by atoms with Crippen LogP contribution in [0, 0.1) is 0 Å². The molecule has 2 N–H and O–H groups in total. The molecule has 0 aromatic heterocycles. The van der Waals surface area contributed by atoms with E-state index >= 15 is 0 Å². The summed E-state index contributed by atoms with van der Waals surface area (Å²) in [5.74, 6) is 0.269. The van der Waals surface area contributed by atoms with Gasteiger partial charge in [-0.2, -0.15) is 13.2 Å². The van der Waals surface area contributed by atoms with E-state index in [0.29, 0.717) is 5.82 Å². The van der Waals surface area contributed by atoms with Crippen LogP contribution in [0.1, 0.15) is 16.7 Å². The summed E-state index contributed by atoms with van der Waals surface area (Å²) in [6, 6.07) is 13.2. The van der Waals surface area contributed by atoms with Gasteiger partial charge in [0, 0.05) is 12.0 Å². The molecule has 2 aromatic carbocycles. The molecule has 0 spiro atoms. The van der Waals surface area contributed by atoms with Crippen molar-refractivity contribution in [2.24, 2.45) is 0 Å². The molecule has 0 amide bonds. The number of aliphatic hydroxyl groups excluding tert-OH is 1. The summed E-state index contributed by atoms with van der Waals surface area (Å²) in [7, 11) is 3.45. The summed E-state index contributed by atoms with van der Waals surface area (Å²) >= 11 is 0. The molecule has 0 fully saturated rings. The lowest BCUT2D eigenvalue weighted by atomic mass is 9.84. The number of hydrogen-bond acceptors (Lipinski definition) is 2. The number of benzene rings is 2. The van der Waals surface area contributed by atoms with Gasteiger partial charge in [0.2, 0.25) is 12.4 Å². The van der Waals surface area contributed by atoms with E-state index in [1.807, 2.05) is 0 Å². The zero-order valence-corrected chi connectivity index (χ0v) is 15.5. The molecule has 1 unspecified atom stereocenters. The van der Waals surface area contributed by atoms with Crippen LogP contribution >= 0.6 is 0 Å². The SMILES string of the molecule is C[N+]1=CC=[N+](C)C1=C(O)c1ccccc1CC(O)(c1ccccc1)C(F)(F)F. The van der Waals surface area contributed by atoms with Gasteiger partial charge in [0.1, 0.15) is 14.1 Å². The van der Waals surface area contributed by atoms with Gasteiger partial charge < -0.3 is 10.2 Å². The highest BCUT2D eigenvalue weighted by Crippen LogP contribution is 2.42.